The normalized spacial score (nSPS) is 13.5. The smallest absolute Gasteiger partial charge is 0.178 e. The predicted molar refractivity (Wildman–Crippen MR) is 67.3 cm³/mol. The first-order chi connectivity index (χ1) is 8.80. The van der Waals surface area contributed by atoms with E-state index in [2.05, 4.69) is 5.10 Å². The highest BCUT2D eigenvalue weighted by molar-refractivity contribution is 7.90. The Morgan fingerprint density at radius 3 is 2.63 bits per heavy atom. The Morgan fingerprint density at radius 1 is 1.42 bits per heavy atom. The van der Waals surface area contributed by atoms with E-state index < -0.39 is 21.8 Å². The molecular weight excluding hydrogens is 271 g/mol. The van der Waals surface area contributed by atoms with Crippen molar-refractivity contribution in [2.75, 3.05) is 6.26 Å². The molecule has 1 atom stereocenters. The molecule has 2 rings (SSSR count). The lowest BCUT2D eigenvalue weighted by molar-refractivity contribution is 0.198. The third kappa shape index (κ3) is 2.66. The fourth-order valence-corrected chi connectivity index (χ4v) is 2.26. The highest BCUT2D eigenvalue weighted by Crippen LogP contribution is 2.24. The van der Waals surface area contributed by atoms with Crippen molar-refractivity contribution < 1.29 is 17.9 Å². The minimum Gasteiger partial charge on any atom is -0.389 e. The fourth-order valence-electron chi connectivity index (χ4n) is 1.73. The Hall–Kier alpha value is -1.73. The number of nitrogens with zero attached hydrogens (tertiary/aromatic N) is 2. The maximum atomic E-state index is 13.9. The van der Waals surface area contributed by atoms with Crippen molar-refractivity contribution in [1.29, 1.82) is 0 Å². The lowest BCUT2D eigenvalue weighted by atomic mass is 10.1. The van der Waals surface area contributed by atoms with Crippen LogP contribution in [0.3, 0.4) is 0 Å². The van der Waals surface area contributed by atoms with Gasteiger partial charge in [-0.2, -0.15) is 5.10 Å². The molecular formula is C12H13FN2O3S. The first kappa shape index (κ1) is 13.7. The molecule has 0 aliphatic carbocycles. The zero-order valence-electron chi connectivity index (χ0n) is 10.4. The van der Waals surface area contributed by atoms with Crippen LogP contribution in [0.1, 0.15) is 18.6 Å². The summed E-state index contributed by atoms with van der Waals surface area (Å²) in [5.74, 6) is -0.582. The van der Waals surface area contributed by atoms with Crippen LogP contribution in [0.5, 0.6) is 0 Å². The zero-order chi connectivity index (χ0) is 14.2. The van der Waals surface area contributed by atoms with Crippen LogP contribution in [0.15, 0.2) is 35.5 Å². The topological polar surface area (TPSA) is 72.2 Å². The average molecular weight is 284 g/mol. The van der Waals surface area contributed by atoms with Crippen LogP contribution in [-0.2, 0) is 9.84 Å². The third-order valence-corrected chi connectivity index (χ3v) is 3.75. The van der Waals surface area contributed by atoms with Gasteiger partial charge in [-0.05, 0) is 13.0 Å². The maximum absolute atomic E-state index is 13.9. The molecule has 1 unspecified atom stereocenters. The molecule has 5 nitrogen and oxygen atoms in total. The highest BCUT2D eigenvalue weighted by Gasteiger charge is 2.17. The summed E-state index contributed by atoms with van der Waals surface area (Å²) in [6, 6.07) is 4.26. The SMILES string of the molecule is CC(O)c1cccc(F)c1-n1cc(S(C)(=O)=O)cn1. The molecule has 0 spiro atoms. The molecule has 102 valence electrons. The summed E-state index contributed by atoms with van der Waals surface area (Å²) in [4.78, 5) is -0.00713. The van der Waals surface area contributed by atoms with Gasteiger partial charge in [0.1, 0.15) is 16.4 Å². The van der Waals surface area contributed by atoms with Crippen LogP contribution >= 0.6 is 0 Å². The van der Waals surface area contributed by atoms with E-state index in [0.717, 1.165) is 17.1 Å². The van der Waals surface area contributed by atoms with Crippen LogP contribution < -0.4 is 0 Å². The molecule has 0 aliphatic rings. The standard InChI is InChI=1S/C12H13FN2O3S/c1-8(16)10-4-3-5-11(13)12(10)15-7-9(6-14-15)19(2,17)18/h3-8,16H,1-2H3. The second kappa shape index (κ2) is 4.75. The first-order valence-electron chi connectivity index (χ1n) is 5.52. The van der Waals surface area contributed by atoms with E-state index in [1.165, 1.54) is 25.3 Å². The Kier molecular flexibility index (Phi) is 3.42. The molecule has 19 heavy (non-hydrogen) atoms. The van der Waals surface area contributed by atoms with Crippen molar-refractivity contribution in [2.45, 2.75) is 17.9 Å². The van der Waals surface area contributed by atoms with Gasteiger partial charge in [0.2, 0.25) is 0 Å². The van der Waals surface area contributed by atoms with Crippen LogP contribution in [0.4, 0.5) is 4.39 Å². The van der Waals surface area contributed by atoms with E-state index in [1.807, 2.05) is 0 Å². The fraction of sp³-hybridized carbons (Fsp3) is 0.250. The summed E-state index contributed by atoms with van der Waals surface area (Å²) in [5, 5.41) is 13.5. The molecule has 0 radical (unpaired) electrons. The van der Waals surface area contributed by atoms with Gasteiger partial charge in [-0.1, -0.05) is 12.1 Å². The van der Waals surface area contributed by atoms with E-state index in [9.17, 15) is 17.9 Å². The molecule has 2 aromatic rings. The molecule has 0 amide bonds. The second-order valence-corrected chi connectivity index (χ2v) is 6.26. The summed E-state index contributed by atoms with van der Waals surface area (Å²) in [7, 11) is -3.40. The Morgan fingerprint density at radius 2 is 2.11 bits per heavy atom. The molecule has 1 N–H and O–H groups in total. The number of aromatic nitrogens is 2. The van der Waals surface area contributed by atoms with Gasteiger partial charge >= 0.3 is 0 Å². The zero-order valence-corrected chi connectivity index (χ0v) is 11.2. The van der Waals surface area contributed by atoms with Gasteiger partial charge in [0, 0.05) is 18.0 Å². The second-order valence-electron chi connectivity index (χ2n) is 4.25. The predicted octanol–water partition coefficient (Wildman–Crippen LogP) is 1.47. The monoisotopic (exact) mass is 284 g/mol. The minimum absolute atomic E-state index is 0.00713. The molecule has 0 bridgehead atoms. The Bertz CT molecular complexity index is 708. The quantitative estimate of drug-likeness (QED) is 0.926. The van der Waals surface area contributed by atoms with Gasteiger partial charge in [-0.15, -0.1) is 0 Å². The van der Waals surface area contributed by atoms with Crippen molar-refractivity contribution in [3.05, 3.63) is 42.0 Å². The van der Waals surface area contributed by atoms with Crippen molar-refractivity contribution in [3.8, 4) is 5.69 Å². The summed E-state index contributed by atoms with van der Waals surface area (Å²) in [6.45, 7) is 1.50. The van der Waals surface area contributed by atoms with E-state index in [1.54, 1.807) is 6.07 Å². The number of hydrogen-bond acceptors (Lipinski definition) is 4. The molecule has 7 heteroatoms. The summed E-state index contributed by atoms with van der Waals surface area (Å²) in [6.07, 6.45) is 2.52. The molecule has 1 aromatic heterocycles. The van der Waals surface area contributed by atoms with Gasteiger partial charge in [0.25, 0.3) is 0 Å². The van der Waals surface area contributed by atoms with Crippen LogP contribution in [0.2, 0.25) is 0 Å². The summed E-state index contributed by atoms with van der Waals surface area (Å²) in [5.41, 5.74) is 0.385. The number of hydrogen-bond donors (Lipinski definition) is 1. The average Bonchev–Trinajstić information content (AvgIpc) is 2.77. The first-order valence-corrected chi connectivity index (χ1v) is 7.41. The molecule has 0 saturated carbocycles. The number of aliphatic hydroxyl groups is 1. The van der Waals surface area contributed by atoms with Gasteiger partial charge in [0.15, 0.2) is 9.84 Å². The van der Waals surface area contributed by atoms with E-state index in [4.69, 9.17) is 0 Å². The molecule has 0 aliphatic heterocycles. The van der Waals surface area contributed by atoms with Crippen molar-refractivity contribution in [2.24, 2.45) is 0 Å². The van der Waals surface area contributed by atoms with E-state index in [0.29, 0.717) is 5.56 Å². The number of sulfone groups is 1. The molecule has 0 saturated heterocycles. The number of benzene rings is 1. The maximum Gasteiger partial charge on any atom is 0.178 e. The van der Waals surface area contributed by atoms with Crippen LogP contribution in [0.25, 0.3) is 5.69 Å². The number of halogens is 1. The molecule has 0 fully saturated rings. The van der Waals surface area contributed by atoms with Crippen molar-refractivity contribution in [1.82, 2.24) is 9.78 Å². The van der Waals surface area contributed by atoms with Gasteiger partial charge < -0.3 is 5.11 Å². The summed E-state index contributed by atoms with van der Waals surface area (Å²) >= 11 is 0. The van der Waals surface area contributed by atoms with Gasteiger partial charge in [-0.3, -0.25) is 0 Å². The van der Waals surface area contributed by atoms with Gasteiger partial charge in [0.05, 0.1) is 12.3 Å². The largest absolute Gasteiger partial charge is 0.389 e. The number of rotatable bonds is 3. The molecule has 1 heterocycles. The van der Waals surface area contributed by atoms with Crippen LogP contribution in [0, 0.1) is 5.82 Å². The minimum atomic E-state index is -3.40. The number of aliphatic hydroxyl groups excluding tert-OH is 1. The lowest BCUT2D eigenvalue weighted by Gasteiger charge is -2.12. The summed E-state index contributed by atoms with van der Waals surface area (Å²) < 4.78 is 37.8. The van der Waals surface area contributed by atoms with Gasteiger partial charge in [-0.25, -0.2) is 17.5 Å². The van der Waals surface area contributed by atoms with E-state index >= 15 is 0 Å². The van der Waals surface area contributed by atoms with Crippen molar-refractivity contribution in [3.63, 3.8) is 0 Å². The highest BCUT2D eigenvalue weighted by atomic mass is 32.2. The number of para-hydroxylation sites is 1. The molecule has 1 aromatic carbocycles. The third-order valence-electron chi connectivity index (χ3n) is 2.68. The van der Waals surface area contributed by atoms with Crippen molar-refractivity contribution >= 4 is 9.84 Å². The Labute approximate surface area is 110 Å². The van der Waals surface area contributed by atoms with Crippen LogP contribution in [-0.4, -0.2) is 29.6 Å². The lowest BCUT2D eigenvalue weighted by Crippen LogP contribution is -2.06. The Balaban J connectivity index is 2.62. The van der Waals surface area contributed by atoms with E-state index in [-0.39, 0.29) is 10.6 Å².